The van der Waals surface area contributed by atoms with Crippen LogP contribution in [0.1, 0.15) is 33.3 Å². The first-order chi connectivity index (χ1) is 13.4. The van der Waals surface area contributed by atoms with E-state index in [9.17, 15) is 9.18 Å². The number of rotatable bonds is 9. The van der Waals surface area contributed by atoms with Crippen LogP contribution in [-0.4, -0.2) is 18.5 Å². The maximum Gasteiger partial charge on any atom is 0.161 e. The Balaban J connectivity index is 0.00000352. The molecule has 150 valence electrons. The summed E-state index contributed by atoms with van der Waals surface area (Å²) in [5.41, 5.74) is 3.31. The minimum Gasteiger partial charge on any atom is -0.381 e. The molecule has 0 aliphatic rings. The summed E-state index contributed by atoms with van der Waals surface area (Å²) >= 11 is 0. The van der Waals surface area contributed by atoms with Crippen molar-refractivity contribution in [2.45, 2.75) is 34.2 Å². The summed E-state index contributed by atoms with van der Waals surface area (Å²) in [7, 11) is 1.67. The van der Waals surface area contributed by atoms with E-state index in [1.54, 1.807) is 31.3 Å². The van der Waals surface area contributed by atoms with Gasteiger partial charge in [0, 0.05) is 24.9 Å². The summed E-state index contributed by atoms with van der Waals surface area (Å²) in [6.45, 7) is 15.5. The highest BCUT2D eigenvalue weighted by molar-refractivity contribution is 6.15. The van der Waals surface area contributed by atoms with Gasteiger partial charge in [-0.15, -0.1) is 0 Å². The molecule has 0 spiro atoms. The Labute approximate surface area is 168 Å². The molecule has 1 aromatic carbocycles. The van der Waals surface area contributed by atoms with Gasteiger partial charge in [0.25, 0.3) is 0 Å². The summed E-state index contributed by atoms with van der Waals surface area (Å²) in [5.74, 6) is -0.410. The average molecular weight is 383 g/mol. The van der Waals surface area contributed by atoms with Crippen LogP contribution in [0.5, 0.6) is 0 Å². The molecular formula is C24H31FN2O. The highest BCUT2D eigenvalue weighted by Crippen LogP contribution is 2.13. The topological polar surface area (TPSA) is 41.5 Å². The lowest BCUT2D eigenvalue weighted by Gasteiger charge is -2.12. The van der Waals surface area contributed by atoms with Gasteiger partial charge < -0.3 is 5.32 Å². The first-order valence-corrected chi connectivity index (χ1v) is 9.25. The summed E-state index contributed by atoms with van der Waals surface area (Å²) in [4.78, 5) is 16.4. The standard InChI is InChI=1S/C22H25FN2O.C2H6/c1-6-8-19(9-7-2)22(24-5)14-21(17(4)26)16(3)25-15-18-10-12-20(23)13-11-18;1-2/h6-14,25H,1,3,15H2,2,4-5H3;1-2H3/b9-7-,19-8+,21-14-,24-22?;. The van der Waals surface area contributed by atoms with Gasteiger partial charge in [0.15, 0.2) is 5.78 Å². The number of carbonyl (C=O) groups is 1. The number of benzene rings is 1. The summed E-state index contributed by atoms with van der Waals surface area (Å²) in [6, 6.07) is 6.16. The Kier molecular flexibility index (Phi) is 12.6. The van der Waals surface area contributed by atoms with Crippen LogP contribution in [0.25, 0.3) is 0 Å². The first-order valence-electron chi connectivity index (χ1n) is 9.25. The van der Waals surface area contributed by atoms with E-state index < -0.39 is 0 Å². The number of nitrogens with zero attached hydrogens (tertiary/aromatic N) is 1. The maximum absolute atomic E-state index is 13.0. The molecule has 0 radical (unpaired) electrons. The molecule has 0 heterocycles. The number of nitrogens with one attached hydrogen (secondary N) is 1. The zero-order valence-electron chi connectivity index (χ0n) is 17.6. The zero-order valence-corrected chi connectivity index (χ0v) is 17.6. The number of hydrogen-bond donors (Lipinski definition) is 1. The number of carbonyl (C=O) groups excluding carboxylic acids is 1. The van der Waals surface area contributed by atoms with Crippen LogP contribution in [0.2, 0.25) is 0 Å². The van der Waals surface area contributed by atoms with Crippen LogP contribution in [0.4, 0.5) is 4.39 Å². The number of ketones is 1. The normalized spacial score (nSPS) is 12.3. The first kappa shape index (κ1) is 25.0. The third-order valence-corrected chi connectivity index (χ3v) is 3.58. The van der Waals surface area contributed by atoms with Crippen molar-refractivity contribution in [2.24, 2.45) is 4.99 Å². The quantitative estimate of drug-likeness (QED) is 0.337. The lowest BCUT2D eigenvalue weighted by atomic mass is 10.0. The Bertz CT molecular complexity index is 781. The van der Waals surface area contributed by atoms with Gasteiger partial charge >= 0.3 is 0 Å². The third-order valence-electron chi connectivity index (χ3n) is 3.58. The fraction of sp³-hybridized carbons (Fsp3) is 0.250. The molecule has 0 aliphatic carbocycles. The number of halogens is 1. The second-order valence-corrected chi connectivity index (χ2v) is 5.54. The van der Waals surface area contributed by atoms with Gasteiger partial charge in [0.1, 0.15) is 5.82 Å². The van der Waals surface area contributed by atoms with Crippen molar-refractivity contribution in [2.75, 3.05) is 7.05 Å². The van der Waals surface area contributed by atoms with Gasteiger partial charge in [0.05, 0.1) is 5.71 Å². The third kappa shape index (κ3) is 8.58. The van der Waals surface area contributed by atoms with Crippen LogP contribution in [0.3, 0.4) is 0 Å². The van der Waals surface area contributed by atoms with Gasteiger partial charge in [-0.2, -0.15) is 0 Å². The van der Waals surface area contributed by atoms with E-state index in [2.05, 4.69) is 23.5 Å². The van der Waals surface area contributed by atoms with Gasteiger partial charge in [0.2, 0.25) is 0 Å². The van der Waals surface area contributed by atoms with Crippen molar-refractivity contribution in [3.63, 3.8) is 0 Å². The molecule has 0 saturated heterocycles. The van der Waals surface area contributed by atoms with E-state index in [-0.39, 0.29) is 11.6 Å². The van der Waals surface area contributed by atoms with Gasteiger partial charge in [-0.3, -0.25) is 9.79 Å². The second-order valence-electron chi connectivity index (χ2n) is 5.54. The monoisotopic (exact) mass is 382 g/mol. The number of allylic oxidation sites excluding steroid dienone is 7. The van der Waals surface area contributed by atoms with Crippen molar-refractivity contribution in [3.05, 3.63) is 96.0 Å². The van der Waals surface area contributed by atoms with Gasteiger partial charge in [-0.25, -0.2) is 4.39 Å². The van der Waals surface area contributed by atoms with E-state index in [1.807, 2.05) is 39.0 Å². The fourth-order valence-corrected chi connectivity index (χ4v) is 2.25. The lowest BCUT2D eigenvalue weighted by Crippen LogP contribution is -2.18. The van der Waals surface area contributed by atoms with Crippen molar-refractivity contribution < 1.29 is 9.18 Å². The van der Waals surface area contributed by atoms with E-state index >= 15 is 0 Å². The SMILES string of the molecule is C=C/C=C(\C=C/C)C(/C=C(/C(=C)NCc1ccc(F)cc1)C(C)=O)=NC.CC. The van der Waals surface area contributed by atoms with Crippen LogP contribution in [0, 0.1) is 5.82 Å². The van der Waals surface area contributed by atoms with Crippen LogP contribution < -0.4 is 5.32 Å². The average Bonchev–Trinajstić information content (AvgIpc) is 2.69. The fourth-order valence-electron chi connectivity index (χ4n) is 2.25. The lowest BCUT2D eigenvalue weighted by molar-refractivity contribution is -0.113. The second kappa shape index (κ2) is 14.1. The van der Waals surface area contributed by atoms with E-state index in [1.165, 1.54) is 19.1 Å². The van der Waals surface area contributed by atoms with Crippen molar-refractivity contribution >= 4 is 11.5 Å². The molecule has 0 atom stereocenters. The number of aliphatic imine (C=N–C) groups is 1. The smallest absolute Gasteiger partial charge is 0.161 e. The zero-order chi connectivity index (χ0) is 21.5. The molecule has 1 rings (SSSR count). The summed E-state index contributed by atoms with van der Waals surface area (Å²) in [6.07, 6.45) is 8.99. The Morgan fingerprint density at radius 2 is 1.86 bits per heavy atom. The van der Waals surface area contributed by atoms with Crippen molar-refractivity contribution in [3.8, 4) is 0 Å². The molecule has 1 N–H and O–H groups in total. The molecule has 0 aromatic heterocycles. The Morgan fingerprint density at radius 3 is 2.32 bits per heavy atom. The van der Waals surface area contributed by atoms with Gasteiger partial charge in [-0.1, -0.05) is 63.4 Å². The molecular weight excluding hydrogens is 351 g/mol. The summed E-state index contributed by atoms with van der Waals surface area (Å²) in [5, 5.41) is 3.11. The van der Waals surface area contributed by atoms with E-state index in [4.69, 9.17) is 0 Å². The molecule has 0 unspecified atom stereocenters. The molecule has 0 saturated carbocycles. The Hall–Kier alpha value is -3.01. The molecule has 3 nitrogen and oxygen atoms in total. The predicted molar refractivity (Wildman–Crippen MR) is 119 cm³/mol. The molecule has 0 bridgehead atoms. The van der Waals surface area contributed by atoms with Crippen molar-refractivity contribution in [1.82, 2.24) is 5.32 Å². The largest absolute Gasteiger partial charge is 0.381 e. The molecule has 0 aliphatic heterocycles. The minimum absolute atomic E-state index is 0.124. The Morgan fingerprint density at radius 1 is 1.25 bits per heavy atom. The highest BCUT2D eigenvalue weighted by atomic mass is 19.1. The molecule has 28 heavy (non-hydrogen) atoms. The van der Waals surface area contributed by atoms with Crippen LogP contribution >= 0.6 is 0 Å². The van der Waals surface area contributed by atoms with Crippen LogP contribution in [-0.2, 0) is 11.3 Å². The molecule has 0 fully saturated rings. The maximum atomic E-state index is 13.0. The molecule has 0 amide bonds. The number of hydrogen-bond acceptors (Lipinski definition) is 3. The van der Waals surface area contributed by atoms with E-state index in [0.29, 0.717) is 23.5 Å². The number of Topliss-reactive ketones (excluding diaryl/α,β-unsaturated/α-hetero) is 1. The predicted octanol–water partition coefficient (Wildman–Crippen LogP) is 5.73. The van der Waals surface area contributed by atoms with Crippen molar-refractivity contribution in [1.29, 1.82) is 0 Å². The highest BCUT2D eigenvalue weighted by Gasteiger charge is 2.11. The van der Waals surface area contributed by atoms with Gasteiger partial charge in [-0.05, 0) is 43.2 Å². The van der Waals surface area contributed by atoms with Crippen LogP contribution in [0.15, 0.2) is 89.6 Å². The minimum atomic E-state index is -0.286. The molecule has 1 aromatic rings. The van der Waals surface area contributed by atoms with E-state index in [0.717, 1.165) is 11.1 Å². The summed E-state index contributed by atoms with van der Waals surface area (Å²) < 4.78 is 13.0. The molecule has 4 heteroatoms.